The van der Waals surface area contributed by atoms with E-state index >= 15 is 0 Å². The molecule has 3 N–H and O–H groups in total. The van der Waals surface area contributed by atoms with E-state index in [0.29, 0.717) is 23.0 Å². The van der Waals surface area contributed by atoms with Crippen molar-refractivity contribution < 1.29 is 9.32 Å². The summed E-state index contributed by atoms with van der Waals surface area (Å²) in [6.07, 6.45) is 4.63. The summed E-state index contributed by atoms with van der Waals surface area (Å²) in [6, 6.07) is 5.17. The lowest BCUT2D eigenvalue weighted by atomic mass is 10.2. The van der Waals surface area contributed by atoms with Crippen molar-refractivity contribution in [1.82, 2.24) is 20.1 Å². The Morgan fingerprint density at radius 1 is 1.36 bits per heavy atom. The first-order chi connectivity index (χ1) is 10.6. The molecule has 0 bridgehead atoms. The summed E-state index contributed by atoms with van der Waals surface area (Å²) in [7, 11) is 0. The molecule has 0 aliphatic heterocycles. The fourth-order valence-corrected chi connectivity index (χ4v) is 1.81. The van der Waals surface area contributed by atoms with E-state index in [1.54, 1.807) is 37.5 Å². The Labute approximate surface area is 125 Å². The summed E-state index contributed by atoms with van der Waals surface area (Å²) in [5.41, 5.74) is 6.72. The van der Waals surface area contributed by atoms with E-state index in [0.717, 1.165) is 0 Å². The van der Waals surface area contributed by atoms with Crippen molar-refractivity contribution in [2.45, 2.75) is 6.92 Å². The highest BCUT2D eigenvalue weighted by Crippen LogP contribution is 2.17. The Morgan fingerprint density at radius 3 is 2.86 bits per heavy atom. The van der Waals surface area contributed by atoms with Gasteiger partial charge >= 0.3 is 0 Å². The van der Waals surface area contributed by atoms with Gasteiger partial charge in [-0.25, -0.2) is 9.97 Å². The smallest absolute Gasteiger partial charge is 0.262 e. The van der Waals surface area contributed by atoms with Crippen LogP contribution >= 0.6 is 0 Å². The van der Waals surface area contributed by atoms with E-state index in [-0.39, 0.29) is 11.4 Å². The molecule has 8 heteroatoms. The van der Waals surface area contributed by atoms with Crippen molar-refractivity contribution in [3.63, 3.8) is 0 Å². The number of carbonyl (C=O) groups is 1. The first kappa shape index (κ1) is 13.7. The van der Waals surface area contributed by atoms with E-state index < -0.39 is 5.91 Å². The van der Waals surface area contributed by atoms with Crippen molar-refractivity contribution in [3.05, 3.63) is 48.1 Å². The molecule has 0 aliphatic carbocycles. The van der Waals surface area contributed by atoms with Gasteiger partial charge in [0.05, 0.1) is 0 Å². The van der Waals surface area contributed by atoms with Crippen LogP contribution < -0.4 is 11.1 Å². The van der Waals surface area contributed by atoms with Gasteiger partial charge in [-0.05, 0) is 19.1 Å². The van der Waals surface area contributed by atoms with Crippen LogP contribution in [0.15, 0.2) is 41.3 Å². The topological polar surface area (TPSA) is 120 Å². The monoisotopic (exact) mass is 296 g/mol. The van der Waals surface area contributed by atoms with E-state index in [2.05, 4.69) is 25.4 Å². The molecule has 1 amide bonds. The van der Waals surface area contributed by atoms with Gasteiger partial charge in [-0.2, -0.15) is 0 Å². The van der Waals surface area contributed by atoms with Gasteiger partial charge in [0.25, 0.3) is 5.91 Å². The molecule has 3 aromatic rings. The maximum Gasteiger partial charge on any atom is 0.262 e. The Bertz CT molecular complexity index is 815. The summed E-state index contributed by atoms with van der Waals surface area (Å²) in [5, 5.41) is 6.24. The molecule has 0 atom stereocenters. The molecule has 3 rings (SSSR count). The van der Waals surface area contributed by atoms with E-state index in [1.807, 2.05) is 0 Å². The number of nitrogen functional groups attached to an aromatic ring is 1. The van der Waals surface area contributed by atoms with Crippen LogP contribution in [0.1, 0.15) is 16.1 Å². The quantitative estimate of drug-likeness (QED) is 0.754. The van der Waals surface area contributed by atoms with Gasteiger partial charge in [-0.15, -0.1) is 0 Å². The fourth-order valence-electron chi connectivity index (χ4n) is 1.81. The van der Waals surface area contributed by atoms with Crippen LogP contribution in [-0.2, 0) is 0 Å². The number of rotatable bonds is 3. The second-order valence-electron chi connectivity index (χ2n) is 4.51. The zero-order chi connectivity index (χ0) is 15.5. The van der Waals surface area contributed by atoms with Crippen molar-refractivity contribution in [3.8, 4) is 11.4 Å². The van der Waals surface area contributed by atoms with Gasteiger partial charge in [0.1, 0.15) is 17.1 Å². The molecule has 0 saturated carbocycles. The summed E-state index contributed by atoms with van der Waals surface area (Å²) in [6.45, 7) is 1.73. The number of carbonyl (C=O) groups excluding carboxylic acids is 1. The van der Waals surface area contributed by atoms with Crippen LogP contribution in [0.3, 0.4) is 0 Å². The highest BCUT2D eigenvalue weighted by Gasteiger charge is 2.15. The zero-order valence-electron chi connectivity index (χ0n) is 11.6. The average molecular weight is 296 g/mol. The summed E-state index contributed by atoms with van der Waals surface area (Å²) < 4.78 is 4.87. The van der Waals surface area contributed by atoms with E-state index in [4.69, 9.17) is 10.3 Å². The first-order valence-corrected chi connectivity index (χ1v) is 6.41. The Hall–Kier alpha value is -3.29. The summed E-state index contributed by atoms with van der Waals surface area (Å²) in [4.78, 5) is 24.4. The molecule has 0 fully saturated rings. The molecule has 0 spiro atoms. The predicted octanol–water partition coefficient (Wildman–Crippen LogP) is 1.67. The number of aryl methyl sites for hydroxylation is 1. The molecule has 0 aromatic carbocycles. The molecule has 0 saturated heterocycles. The van der Waals surface area contributed by atoms with Crippen LogP contribution in [0.5, 0.6) is 0 Å². The lowest BCUT2D eigenvalue weighted by Gasteiger charge is -2.06. The first-order valence-electron chi connectivity index (χ1n) is 6.41. The molecular weight excluding hydrogens is 284 g/mol. The van der Waals surface area contributed by atoms with Gasteiger partial charge in [0.2, 0.25) is 0 Å². The number of nitrogens with one attached hydrogen (secondary N) is 1. The lowest BCUT2D eigenvalue weighted by Crippen LogP contribution is -2.16. The second-order valence-corrected chi connectivity index (χ2v) is 4.51. The molecule has 110 valence electrons. The van der Waals surface area contributed by atoms with Crippen molar-refractivity contribution in [2.24, 2.45) is 0 Å². The SMILES string of the molecule is Cc1cc(NC(=O)c2cnc(-c3cccnc3)nc2N)no1. The van der Waals surface area contributed by atoms with Crippen LogP contribution in [0.2, 0.25) is 0 Å². The minimum atomic E-state index is -0.455. The zero-order valence-corrected chi connectivity index (χ0v) is 11.6. The molecule has 8 nitrogen and oxygen atoms in total. The molecule has 3 aromatic heterocycles. The molecular formula is C14H12N6O2. The third-order valence-corrected chi connectivity index (χ3v) is 2.85. The fraction of sp³-hybridized carbons (Fsp3) is 0.0714. The number of nitrogens with two attached hydrogens (primary N) is 1. The maximum absolute atomic E-state index is 12.1. The van der Waals surface area contributed by atoms with E-state index in [9.17, 15) is 4.79 Å². The number of anilines is 2. The summed E-state index contributed by atoms with van der Waals surface area (Å²) >= 11 is 0. The molecule has 0 unspecified atom stereocenters. The third-order valence-electron chi connectivity index (χ3n) is 2.85. The predicted molar refractivity (Wildman–Crippen MR) is 78.9 cm³/mol. The van der Waals surface area contributed by atoms with Crippen molar-refractivity contribution >= 4 is 17.5 Å². The molecule has 3 heterocycles. The number of aromatic nitrogens is 4. The largest absolute Gasteiger partial charge is 0.383 e. The average Bonchev–Trinajstić information content (AvgIpc) is 2.93. The number of pyridine rings is 1. The van der Waals surface area contributed by atoms with Gasteiger partial charge in [0, 0.05) is 30.2 Å². The molecule has 0 radical (unpaired) electrons. The Balaban J connectivity index is 1.84. The van der Waals surface area contributed by atoms with Crippen LogP contribution in [0.4, 0.5) is 11.6 Å². The van der Waals surface area contributed by atoms with Gasteiger partial charge < -0.3 is 15.6 Å². The summed E-state index contributed by atoms with van der Waals surface area (Å²) in [5.74, 6) is 0.916. The second kappa shape index (κ2) is 5.60. The number of amides is 1. The lowest BCUT2D eigenvalue weighted by molar-refractivity contribution is 0.102. The highest BCUT2D eigenvalue weighted by atomic mass is 16.5. The maximum atomic E-state index is 12.1. The number of nitrogens with zero attached hydrogens (tertiary/aromatic N) is 4. The van der Waals surface area contributed by atoms with Gasteiger partial charge in [-0.1, -0.05) is 5.16 Å². The number of hydrogen-bond donors (Lipinski definition) is 2. The molecule has 22 heavy (non-hydrogen) atoms. The minimum Gasteiger partial charge on any atom is -0.383 e. The minimum absolute atomic E-state index is 0.0755. The van der Waals surface area contributed by atoms with Crippen LogP contribution in [-0.4, -0.2) is 26.0 Å². The number of hydrogen-bond acceptors (Lipinski definition) is 7. The Kier molecular flexibility index (Phi) is 3.48. The van der Waals surface area contributed by atoms with E-state index in [1.165, 1.54) is 6.20 Å². The molecule has 0 aliphatic rings. The normalized spacial score (nSPS) is 10.4. The standard InChI is InChI=1S/C14H12N6O2/c1-8-5-11(20-22-8)18-14(21)10-7-17-13(19-12(10)15)9-3-2-4-16-6-9/h2-7H,1H3,(H2,15,17,19)(H,18,20,21). The highest BCUT2D eigenvalue weighted by molar-refractivity contribution is 6.06. The van der Waals surface area contributed by atoms with Crippen LogP contribution in [0, 0.1) is 6.92 Å². The van der Waals surface area contributed by atoms with Crippen molar-refractivity contribution in [1.29, 1.82) is 0 Å². The Morgan fingerprint density at radius 2 is 2.23 bits per heavy atom. The third kappa shape index (κ3) is 2.75. The van der Waals surface area contributed by atoms with Gasteiger partial charge in [0.15, 0.2) is 11.6 Å². The van der Waals surface area contributed by atoms with Gasteiger partial charge in [-0.3, -0.25) is 9.78 Å². The van der Waals surface area contributed by atoms with Crippen LogP contribution in [0.25, 0.3) is 11.4 Å². The van der Waals surface area contributed by atoms with Crippen molar-refractivity contribution in [2.75, 3.05) is 11.1 Å².